The molecule has 1 fully saturated rings. The van der Waals surface area contributed by atoms with E-state index in [2.05, 4.69) is 0 Å². The summed E-state index contributed by atoms with van der Waals surface area (Å²) in [6.45, 7) is 0.840. The van der Waals surface area contributed by atoms with Crippen molar-refractivity contribution in [2.75, 3.05) is 25.1 Å². The van der Waals surface area contributed by atoms with Crippen LogP contribution in [0.4, 0.5) is 5.69 Å². The van der Waals surface area contributed by atoms with Gasteiger partial charge in [-0.15, -0.1) is 0 Å². The van der Waals surface area contributed by atoms with Crippen LogP contribution in [0.3, 0.4) is 0 Å². The number of nitrogen functional groups attached to an aromatic ring is 1. The van der Waals surface area contributed by atoms with E-state index in [1.54, 1.807) is 24.3 Å². The maximum absolute atomic E-state index is 11.1. The first-order valence-corrected chi connectivity index (χ1v) is 6.77. The molecule has 1 heterocycles. The van der Waals surface area contributed by atoms with Gasteiger partial charge in [-0.3, -0.25) is 0 Å². The van der Waals surface area contributed by atoms with Crippen molar-refractivity contribution >= 4 is 15.7 Å². The highest BCUT2D eigenvalue weighted by Gasteiger charge is 2.34. The molecule has 0 aliphatic carbocycles. The Kier molecular flexibility index (Phi) is 2.77. The second-order valence-electron chi connectivity index (χ2n) is 3.89. The van der Waals surface area contributed by atoms with E-state index in [0.717, 1.165) is 0 Å². The number of hydrogen-bond donors (Lipinski definition) is 1. The molecule has 16 heavy (non-hydrogen) atoms. The predicted molar refractivity (Wildman–Crippen MR) is 61.7 cm³/mol. The van der Waals surface area contributed by atoms with E-state index < -0.39 is 10.0 Å². The monoisotopic (exact) mass is 242 g/mol. The number of benzene rings is 1. The largest absolute Gasteiger partial charge is 0.488 e. The Morgan fingerprint density at radius 1 is 1.31 bits per heavy atom. The molecule has 2 N–H and O–H groups in total. The van der Waals surface area contributed by atoms with Gasteiger partial charge in [0.05, 0.1) is 19.3 Å². The summed E-state index contributed by atoms with van der Waals surface area (Å²) in [5.74, 6) is 0.715. The van der Waals surface area contributed by atoms with Crippen LogP contribution in [0.1, 0.15) is 0 Å². The van der Waals surface area contributed by atoms with E-state index in [-0.39, 0.29) is 6.10 Å². The Morgan fingerprint density at radius 3 is 2.38 bits per heavy atom. The number of anilines is 1. The first-order valence-electron chi connectivity index (χ1n) is 4.92. The van der Waals surface area contributed by atoms with Crippen molar-refractivity contribution in [2.45, 2.75) is 6.10 Å². The van der Waals surface area contributed by atoms with E-state index in [1.807, 2.05) is 0 Å². The minimum atomic E-state index is -3.06. The number of nitrogens with two attached hydrogens (primary N) is 1. The molecule has 0 aromatic heterocycles. The van der Waals surface area contributed by atoms with Crippen LogP contribution < -0.4 is 10.5 Å². The summed E-state index contributed by atoms with van der Waals surface area (Å²) in [5, 5.41) is 0. The van der Waals surface area contributed by atoms with Crippen molar-refractivity contribution < 1.29 is 13.2 Å². The fraction of sp³-hybridized carbons (Fsp3) is 0.400. The van der Waals surface area contributed by atoms with Crippen LogP contribution in [0, 0.1) is 0 Å². The molecule has 0 saturated carbocycles. The summed E-state index contributed by atoms with van der Waals surface area (Å²) in [7, 11) is -3.06. The van der Waals surface area contributed by atoms with Crippen molar-refractivity contribution in [1.29, 1.82) is 0 Å². The van der Waals surface area contributed by atoms with Crippen LogP contribution >= 0.6 is 0 Å². The lowest BCUT2D eigenvalue weighted by Crippen LogP contribution is -2.55. The van der Waals surface area contributed by atoms with Gasteiger partial charge < -0.3 is 10.5 Å². The Bertz CT molecular complexity index is 463. The second kappa shape index (κ2) is 3.95. The quantitative estimate of drug-likeness (QED) is 0.773. The summed E-state index contributed by atoms with van der Waals surface area (Å²) in [6.07, 6.45) is 1.14. The number of nitrogens with zero attached hydrogens (tertiary/aromatic N) is 1. The van der Waals surface area contributed by atoms with E-state index in [1.165, 1.54) is 10.6 Å². The van der Waals surface area contributed by atoms with Crippen molar-refractivity contribution in [2.24, 2.45) is 0 Å². The molecule has 1 aromatic carbocycles. The molecule has 88 valence electrons. The first kappa shape index (κ1) is 11.2. The molecular formula is C10H14N2O3S. The smallest absolute Gasteiger partial charge is 0.211 e. The third kappa shape index (κ3) is 2.45. The number of ether oxygens (including phenoxy) is 1. The molecule has 1 saturated heterocycles. The van der Waals surface area contributed by atoms with Crippen LogP contribution in [0.15, 0.2) is 24.3 Å². The van der Waals surface area contributed by atoms with Gasteiger partial charge in [0.15, 0.2) is 0 Å². The van der Waals surface area contributed by atoms with Crippen molar-refractivity contribution in [1.82, 2.24) is 4.31 Å². The first-order chi connectivity index (χ1) is 7.45. The third-order valence-electron chi connectivity index (χ3n) is 2.47. The normalized spacial score (nSPS) is 18.1. The standard InChI is InChI=1S/C10H14N2O3S/c1-16(13,14)12-6-10(7-12)15-9-4-2-8(11)3-5-9/h2-5,10H,6-7,11H2,1H3. The van der Waals surface area contributed by atoms with Gasteiger partial charge in [0.2, 0.25) is 10.0 Å². The summed E-state index contributed by atoms with van der Waals surface area (Å²) in [6, 6.07) is 7.06. The summed E-state index contributed by atoms with van der Waals surface area (Å²) in [5.41, 5.74) is 6.22. The fourth-order valence-electron chi connectivity index (χ4n) is 1.48. The van der Waals surface area contributed by atoms with Crippen molar-refractivity contribution in [3.05, 3.63) is 24.3 Å². The van der Waals surface area contributed by atoms with Crippen LogP contribution in [-0.4, -0.2) is 38.2 Å². The average Bonchev–Trinajstić information content (AvgIpc) is 2.11. The van der Waals surface area contributed by atoms with Gasteiger partial charge in [-0.2, -0.15) is 4.31 Å². The lowest BCUT2D eigenvalue weighted by molar-refractivity contribution is 0.0767. The summed E-state index contributed by atoms with van der Waals surface area (Å²) < 4.78 is 29.2. The zero-order chi connectivity index (χ0) is 11.8. The third-order valence-corrected chi connectivity index (χ3v) is 3.70. The van der Waals surface area contributed by atoms with Crippen LogP contribution in [0.2, 0.25) is 0 Å². The lowest BCUT2D eigenvalue weighted by Gasteiger charge is -2.36. The van der Waals surface area contributed by atoms with E-state index in [4.69, 9.17) is 10.5 Å². The molecule has 0 amide bonds. The molecule has 0 unspecified atom stereocenters. The number of hydrogen-bond acceptors (Lipinski definition) is 4. The van der Waals surface area contributed by atoms with Gasteiger partial charge in [-0.05, 0) is 24.3 Å². The Balaban J connectivity index is 1.88. The highest BCUT2D eigenvalue weighted by molar-refractivity contribution is 7.88. The molecular weight excluding hydrogens is 228 g/mol. The molecule has 0 bridgehead atoms. The highest BCUT2D eigenvalue weighted by Crippen LogP contribution is 2.20. The zero-order valence-electron chi connectivity index (χ0n) is 8.96. The van der Waals surface area contributed by atoms with Gasteiger partial charge in [0.25, 0.3) is 0 Å². The van der Waals surface area contributed by atoms with E-state index in [9.17, 15) is 8.42 Å². The second-order valence-corrected chi connectivity index (χ2v) is 5.87. The fourth-order valence-corrected chi connectivity index (χ4v) is 2.36. The Hall–Kier alpha value is -1.27. The Labute approximate surface area is 94.9 Å². The lowest BCUT2D eigenvalue weighted by atomic mass is 10.2. The molecule has 0 atom stereocenters. The Morgan fingerprint density at radius 2 is 1.88 bits per heavy atom. The molecule has 5 nitrogen and oxygen atoms in total. The average molecular weight is 242 g/mol. The highest BCUT2D eigenvalue weighted by atomic mass is 32.2. The number of sulfonamides is 1. The topological polar surface area (TPSA) is 72.6 Å². The zero-order valence-corrected chi connectivity index (χ0v) is 9.78. The summed E-state index contributed by atoms with van der Waals surface area (Å²) >= 11 is 0. The number of rotatable bonds is 3. The van der Waals surface area contributed by atoms with Gasteiger partial charge in [0.1, 0.15) is 11.9 Å². The van der Waals surface area contributed by atoms with Gasteiger partial charge in [0, 0.05) is 5.69 Å². The van der Waals surface area contributed by atoms with E-state index in [0.29, 0.717) is 24.5 Å². The molecule has 1 aliphatic heterocycles. The molecule has 2 rings (SSSR count). The maximum Gasteiger partial charge on any atom is 0.211 e. The molecule has 6 heteroatoms. The minimum absolute atomic E-state index is 0.0571. The van der Waals surface area contributed by atoms with Crippen molar-refractivity contribution in [3.63, 3.8) is 0 Å². The minimum Gasteiger partial charge on any atom is -0.488 e. The molecule has 0 radical (unpaired) electrons. The van der Waals surface area contributed by atoms with Gasteiger partial charge in [-0.1, -0.05) is 0 Å². The summed E-state index contributed by atoms with van der Waals surface area (Å²) in [4.78, 5) is 0. The van der Waals surface area contributed by atoms with Crippen LogP contribution in [0.5, 0.6) is 5.75 Å². The van der Waals surface area contributed by atoms with Crippen molar-refractivity contribution in [3.8, 4) is 5.75 Å². The molecule has 1 aromatic rings. The van der Waals surface area contributed by atoms with Gasteiger partial charge >= 0.3 is 0 Å². The molecule has 0 spiro atoms. The van der Waals surface area contributed by atoms with Gasteiger partial charge in [-0.25, -0.2) is 8.42 Å². The van der Waals surface area contributed by atoms with Crippen LogP contribution in [0.25, 0.3) is 0 Å². The van der Waals surface area contributed by atoms with E-state index >= 15 is 0 Å². The predicted octanol–water partition coefficient (Wildman–Crippen LogP) is 0.291. The SMILES string of the molecule is CS(=O)(=O)N1CC(Oc2ccc(N)cc2)C1. The van der Waals surface area contributed by atoms with Crippen LogP contribution in [-0.2, 0) is 10.0 Å². The maximum atomic E-state index is 11.1. The molecule has 1 aliphatic rings.